The number of halogens is 1. The molecule has 2 saturated heterocycles. The van der Waals surface area contributed by atoms with Gasteiger partial charge in [0.2, 0.25) is 5.91 Å². The lowest BCUT2D eigenvalue weighted by Gasteiger charge is -2.43. The molecule has 0 saturated carbocycles. The lowest BCUT2D eigenvalue weighted by Crippen LogP contribution is -2.53. The third-order valence-corrected chi connectivity index (χ3v) is 8.84. The SMILES string of the molecule is Cn1ccc2c(=O)n(CC3(O)CCN(C(=O)C4CCN(C(=O)c5cccc(F)c5)CC4c4ccccc4)CC3)cnc21. The zero-order chi connectivity index (χ0) is 29.4. The Morgan fingerprint density at radius 3 is 2.52 bits per heavy atom. The highest BCUT2D eigenvalue weighted by atomic mass is 19.1. The number of carbonyl (C=O) groups is 2. The van der Waals surface area contributed by atoms with E-state index in [0.717, 1.165) is 5.56 Å². The highest BCUT2D eigenvalue weighted by Gasteiger charge is 2.41. The summed E-state index contributed by atoms with van der Waals surface area (Å²) in [6.07, 6.45) is 4.42. The summed E-state index contributed by atoms with van der Waals surface area (Å²) in [7, 11) is 1.83. The fourth-order valence-corrected chi connectivity index (χ4v) is 6.42. The molecule has 9 nitrogen and oxygen atoms in total. The number of fused-ring (bicyclic) bond motifs is 1. The summed E-state index contributed by atoms with van der Waals surface area (Å²) in [4.78, 5) is 48.0. The second-order valence-electron chi connectivity index (χ2n) is 11.6. The molecule has 2 fully saturated rings. The van der Waals surface area contributed by atoms with E-state index in [1.165, 1.54) is 29.1 Å². The average Bonchev–Trinajstić information content (AvgIpc) is 3.39. The summed E-state index contributed by atoms with van der Waals surface area (Å²) in [5.74, 6) is -1.25. The number of nitrogens with zero attached hydrogens (tertiary/aromatic N) is 5. The van der Waals surface area contributed by atoms with E-state index < -0.39 is 11.4 Å². The maximum Gasteiger partial charge on any atom is 0.262 e. The van der Waals surface area contributed by atoms with Gasteiger partial charge in [0, 0.05) is 56.8 Å². The van der Waals surface area contributed by atoms with Gasteiger partial charge in [-0.2, -0.15) is 0 Å². The number of benzene rings is 2. The van der Waals surface area contributed by atoms with Crippen LogP contribution in [0.5, 0.6) is 0 Å². The minimum atomic E-state index is -1.13. The van der Waals surface area contributed by atoms with Gasteiger partial charge in [-0.15, -0.1) is 0 Å². The smallest absolute Gasteiger partial charge is 0.262 e. The minimum Gasteiger partial charge on any atom is -0.388 e. The largest absolute Gasteiger partial charge is 0.388 e. The normalized spacial score (nSPS) is 20.5. The fraction of sp³-hybridized carbons (Fsp3) is 0.375. The predicted octanol–water partition coefficient (Wildman–Crippen LogP) is 3.17. The van der Waals surface area contributed by atoms with Crippen LogP contribution in [-0.4, -0.2) is 72.6 Å². The molecule has 0 radical (unpaired) electrons. The molecule has 42 heavy (non-hydrogen) atoms. The minimum absolute atomic E-state index is 0.00768. The zero-order valence-electron chi connectivity index (χ0n) is 23.5. The van der Waals surface area contributed by atoms with Crippen molar-refractivity contribution in [1.82, 2.24) is 23.9 Å². The lowest BCUT2D eigenvalue weighted by molar-refractivity contribution is -0.142. The molecule has 2 aromatic carbocycles. The number of hydrogen-bond donors (Lipinski definition) is 1. The molecular formula is C32H34FN5O4. The molecule has 2 aliphatic rings. The highest BCUT2D eigenvalue weighted by molar-refractivity contribution is 5.94. The van der Waals surface area contributed by atoms with Crippen molar-refractivity contribution in [2.45, 2.75) is 37.3 Å². The van der Waals surface area contributed by atoms with Crippen LogP contribution >= 0.6 is 0 Å². The van der Waals surface area contributed by atoms with Gasteiger partial charge in [-0.05, 0) is 49.1 Å². The van der Waals surface area contributed by atoms with Crippen molar-refractivity contribution in [1.29, 1.82) is 0 Å². The topological polar surface area (TPSA) is 101 Å². The van der Waals surface area contributed by atoms with Crippen molar-refractivity contribution < 1.29 is 19.1 Å². The van der Waals surface area contributed by atoms with E-state index in [0.29, 0.717) is 62.0 Å². The second kappa shape index (κ2) is 11.2. The monoisotopic (exact) mass is 571 g/mol. The van der Waals surface area contributed by atoms with E-state index in [2.05, 4.69) is 4.98 Å². The molecule has 1 N–H and O–H groups in total. The highest BCUT2D eigenvalue weighted by Crippen LogP contribution is 2.36. The first-order valence-electron chi connectivity index (χ1n) is 14.3. The Hall–Kier alpha value is -4.31. The first-order valence-corrected chi connectivity index (χ1v) is 14.3. The molecule has 0 spiro atoms. The number of aliphatic hydroxyl groups is 1. The third kappa shape index (κ3) is 5.34. The molecule has 2 amide bonds. The standard InChI is InChI=1S/C32H34FN5O4/c1-35-14-10-26-28(35)34-21-38(31(26)41)20-32(42)12-16-36(17-13-32)30(40)25-11-15-37(19-27(25)22-6-3-2-4-7-22)29(39)23-8-5-9-24(33)18-23/h2-10,14,18,21,25,27,42H,11-13,15-17,19-20H2,1H3. The van der Waals surface area contributed by atoms with Crippen LogP contribution in [0.25, 0.3) is 11.0 Å². The van der Waals surface area contributed by atoms with Gasteiger partial charge in [-0.1, -0.05) is 36.4 Å². The third-order valence-electron chi connectivity index (χ3n) is 8.84. The second-order valence-corrected chi connectivity index (χ2v) is 11.6. The van der Waals surface area contributed by atoms with Crippen LogP contribution in [0.3, 0.4) is 0 Å². The van der Waals surface area contributed by atoms with Gasteiger partial charge in [-0.25, -0.2) is 9.37 Å². The van der Waals surface area contributed by atoms with E-state index in [1.54, 1.807) is 32.7 Å². The van der Waals surface area contributed by atoms with Gasteiger partial charge in [0.25, 0.3) is 11.5 Å². The van der Waals surface area contributed by atoms with Crippen LogP contribution in [0.4, 0.5) is 4.39 Å². The van der Waals surface area contributed by atoms with Gasteiger partial charge in [0.05, 0.1) is 17.5 Å². The van der Waals surface area contributed by atoms with Gasteiger partial charge >= 0.3 is 0 Å². The summed E-state index contributed by atoms with van der Waals surface area (Å²) < 4.78 is 17.0. The van der Waals surface area contributed by atoms with Gasteiger partial charge < -0.3 is 19.5 Å². The van der Waals surface area contributed by atoms with Crippen molar-refractivity contribution in [2.24, 2.45) is 13.0 Å². The number of aryl methyl sites for hydroxylation is 1. The maximum atomic E-state index is 13.9. The van der Waals surface area contributed by atoms with Crippen LogP contribution in [0, 0.1) is 11.7 Å². The van der Waals surface area contributed by atoms with E-state index >= 15 is 0 Å². The van der Waals surface area contributed by atoms with Crippen molar-refractivity contribution in [3.8, 4) is 0 Å². The Morgan fingerprint density at radius 2 is 1.79 bits per heavy atom. The van der Waals surface area contributed by atoms with Crippen molar-refractivity contribution in [2.75, 3.05) is 26.2 Å². The number of likely N-dealkylation sites (tertiary alicyclic amines) is 2. The number of carbonyl (C=O) groups excluding carboxylic acids is 2. The molecule has 4 aromatic rings. The van der Waals surface area contributed by atoms with E-state index in [9.17, 15) is 23.9 Å². The number of rotatable bonds is 5. The Morgan fingerprint density at radius 1 is 1.02 bits per heavy atom. The first kappa shape index (κ1) is 27.8. The molecule has 2 aromatic heterocycles. The Balaban J connectivity index is 1.15. The number of aromatic nitrogens is 3. The zero-order valence-corrected chi connectivity index (χ0v) is 23.5. The van der Waals surface area contributed by atoms with E-state index in [-0.39, 0.29) is 35.8 Å². The fourth-order valence-electron chi connectivity index (χ4n) is 6.42. The Labute approximate surface area is 242 Å². The molecule has 218 valence electrons. The molecule has 2 atom stereocenters. The number of amides is 2. The van der Waals surface area contributed by atoms with Crippen molar-refractivity contribution >= 4 is 22.8 Å². The summed E-state index contributed by atoms with van der Waals surface area (Å²) in [6, 6.07) is 17.1. The number of hydrogen-bond acceptors (Lipinski definition) is 5. The molecule has 4 heterocycles. The van der Waals surface area contributed by atoms with E-state index in [4.69, 9.17) is 0 Å². The summed E-state index contributed by atoms with van der Waals surface area (Å²) >= 11 is 0. The molecule has 0 aliphatic carbocycles. The molecule has 6 rings (SSSR count). The maximum absolute atomic E-state index is 13.9. The van der Waals surface area contributed by atoms with Crippen LogP contribution in [-0.2, 0) is 18.4 Å². The van der Waals surface area contributed by atoms with Crippen LogP contribution in [0.1, 0.15) is 41.1 Å². The van der Waals surface area contributed by atoms with Crippen molar-refractivity contribution in [3.63, 3.8) is 0 Å². The van der Waals surface area contributed by atoms with Crippen LogP contribution in [0.15, 0.2) is 78.0 Å². The summed E-state index contributed by atoms with van der Waals surface area (Å²) in [6.45, 7) is 1.60. The molecule has 2 aliphatic heterocycles. The molecule has 0 bridgehead atoms. The number of piperidine rings is 2. The van der Waals surface area contributed by atoms with Crippen molar-refractivity contribution in [3.05, 3.63) is 100 Å². The average molecular weight is 572 g/mol. The quantitative estimate of drug-likeness (QED) is 0.397. The molecular weight excluding hydrogens is 537 g/mol. The Bertz CT molecular complexity index is 1680. The van der Waals surface area contributed by atoms with Gasteiger partial charge in [-0.3, -0.25) is 19.0 Å². The lowest BCUT2D eigenvalue weighted by atomic mass is 9.79. The summed E-state index contributed by atoms with van der Waals surface area (Å²) in [5, 5.41) is 11.9. The van der Waals surface area contributed by atoms with Crippen LogP contribution < -0.4 is 5.56 Å². The predicted molar refractivity (Wildman–Crippen MR) is 155 cm³/mol. The molecule has 2 unspecified atom stereocenters. The van der Waals surface area contributed by atoms with Gasteiger partial charge in [0.15, 0.2) is 0 Å². The molecule has 10 heteroatoms. The first-order chi connectivity index (χ1) is 20.2. The van der Waals surface area contributed by atoms with Gasteiger partial charge in [0.1, 0.15) is 17.8 Å². The Kier molecular flexibility index (Phi) is 7.40. The summed E-state index contributed by atoms with van der Waals surface area (Å²) in [5.41, 5.74) is 0.537. The van der Waals surface area contributed by atoms with Crippen LogP contribution in [0.2, 0.25) is 0 Å². The van der Waals surface area contributed by atoms with E-state index in [1.807, 2.05) is 37.4 Å².